The summed E-state index contributed by atoms with van der Waals surface area (Å²) in [6.07, 6.45) is 5.44. The molecule has 0 radical (unpaired) electrons. The van der Waals surface area contributed by atoms with Crippen LogP contribution in [-0.4, -0.2) is 10.9 Å². The number of benzene rings is 1. The van der Waals surface area contributed by atoms with Gasteiger partial charge in [0.15, 0.2) is 0 Å². The van der Waals surface area contributed by atoms with Crippen LogP contribution < -0.4 is 11.1 Å². The average molecular weight is 351 g/mol. The fourth-order valence-electron chi connectivity index (χ4n) is 3.34. The van der Waals surface area contributed by atoms with Crippen molar-refractivity contribution in [1.82, 2.24) is 4.98 Å². The first-order valence-electron chi connectivity index (χ1n) is 8.76. The molecule has 0 saturated heterocycles. The summed E-state index contributed by atoms with van der Waals surface area (Å²) in [4.78, 5) is 18.9. The van der Waals surface area contributed by atoms with Gasteiger partial charge in [0.2, 0.25) is 0 Å². The van der Waals surface area contributed by atoms with E-state index in [-0.39, 0.29) is 5.91 Å². The van der Waals surface area contributed by atoms with Gasteiger partial charge in [-0.05, 0) is 61.4 Å². The first kappa shape index (κ1) is 16.1. The van der Waals surface area contributed by atoms with Gasteiger partial charge in [0.05, 0.1) is 5.69 Å². The van der Waals surface area contributed by atoms with Crippen molar-refractivity contribution in [3.05, 3.63) is 52.0 Å². The average Bonchev–Trinajstić information content (AvgIpc) is 2.96. The van der Waals surface area contributed by atoms with E-state index in [1.807, 2.05) is 24.3 Å². The van der Waals surface area contributed by atoms with E-state index >= 15 is 0 Å². The zero-order chi connectivity index (χ0) is 17.4. The van der Waals surface area contributed by atoms with Crippen molar-refractivity contribution in [2.75, 3.05) is 11.1 Å². The predicted octanol–water partition coefficient (Wildman–Crippen LogP) is 4.57. The van der Waals surface area contributed by atoms with Gasteiger partial charge in [0.25, 0.3) is 5.91 Å². The normalized spacial score (nSPS) is 13.6. The minimum Gasteiger partial charge on any atom is -0.397 e. The lowest BCUT2D eigenvalue weighted by Gasteiger charge is -2.14. The molecule has 4 nitrogen and oxygen atoms in total. The van der Waals surface area contributed by atoms with Gasteiger partial charge in [0.1, 0.15) is 9.71 Å². The van der Waals surface area contributed by atoms with Crippen LogP contribution in [0.1, 0.15) is 46.3 Å². The molecule has 25 heavy (non-hydrogen) atoms. The molecule has 1 aliphatic carbocycles. The number of carbonyl (C=O) groups excluding carboxylic acids is 1. The largest absolute Gasteiger partial charge is 0.397 e. The van der Waals surface area contributed by atoms with Gasteiger partial charge in [-0.1, -0.05) is 19.1 Å². The molecule has 0 bridgehead atoms. The molecule has 2 heterocycles. The number of pyridine rings is 1. The molecule has 0 fully saturated rings. The quantitative estimate of drug-likeness (QED) is 0.726. The Balaban J connectivity index is 1.65. The maximum absolute atomic E-state index is 12.7. The monoisotopic (exact) mass is 351 g/mol. The number of fused-ring (bicyclic) bond motifs is 2. The molecular weight excluding hydrogens is 330 g/mol. The van der Waals surface area contributed by atoms with Gasteiger partial charge < -0.3 is 11.1 Å². The first-order chi connectivity index (χ1) is 12.2. The van der Waals surface area contributed by atoms with Crippen molar-refractivity contribution in [1.29, 1.82) is 0 Å². The van der Waals surface area contributed by atoms with Gasteiger partial charge in [0, 0.05) is 16.8 Å². The molecule has 1 amide bonds. The number of rotatable bonds is 3. The third-order valence-corrected chi connectivity index (χ3v) is 5.94. The molecule has 3 N–H and O–H groups in total. The Morgan fingerprint density at radius 3 is 2.76 bits per heavy atom. The number of carbonyl (C=O) groups is 1. The third kappa shape index (κ3) is 3.00. The molecule has 5 heteroatoms. The van der Waals surface area contributed by atoms with E-state index in [1.165, 1.54) is 41.0 Å². The fourth-order valence-corrected chi connectivity index (χ4v) is 4.33. The van der Waals surface area contributed by atoms with Crippen LogP contribution in [0.2, 0.25) is 0 Å². The van der Waals surface area contributed by atoms with Crippen LogP contribution in [0.4, 0.5) is 11.4 Å². The Kier molecular flexibility index (Phi) is 4.17. The van der Waals surface area contributed by atoms with Crippen molar-refractivity contribution in [2.24, 2.45) is 0 Å². The smallest absolute Gasteiger partial charge is 0.267 e. The highest BCUT2D eigenvalue weighted by atomic mass is 32.1. The molecule has 4 rings (SSSR count). The number of thiophene rings is 1. The second kappa shape index (κ2) is 6.48. The number of nitrogens with one attached hydrogen (secondary N) is 1. The van der Waals surface area contributed by atoms with Crippen LogP contribution in [0.5, 0.6) is 0 Å². The molecule has 3 aromatic rings. The molecule has 128 valence electrons. The number of nitrogens with two attached hydrogens (primary N) is 1. The number of anilines is 2. The zero-order valence-corrected chi connectivity index (χ0v) is 15.1. The Labute approximate surface area is 151 Å². The summed E-state index contributed by atoms with van der Waals surface area (Å²) >= 11 is 1.38. The molecule has 1 aromatic carbocycles. The van der Waals surface area contributed by atoms with E-state index in [0.717, 1.165) is 35.2 Å². The highest BCUT2D eigenvalue weighted by Gasteiger charge is 2.20. The molecule has 0 unspecified atom stereocenters. The Morgan fingerprint density at radius 2 is 2.00 bits per heavy atom. The van der Waals surface area contributed by atoms with Crippen LogP contribution in [0.3, 0.4) is 0 Å². The minimum absolute atomic E-state index is 0.164. The van der Waals surface area contributed by atoms with Crippen LogP contribution in [0.15, 0.2) is 30.3 Å². The standard InChI is InChI=1S/C20H21N3OS/c1-2-12-7-9-14(10-8-12)22-19(24)18-17(21)15-11-13-5-3-4-6-16(13)23-20(15)25-18/h7-11H,2-6,21H2,1H3,(H,22,24). The van der Waals surface area contributed by atoms with Crippen LogP contribution >= 0.6 is 11.3 Å². The number of hydrogen-bond donors (Lipinski definition) is 2. The summed E-state index contributed by atoms with van der Waals surface area (Å²) in [5, 5.41) is 3.86. The first-order valence-corrected chi connectivity index (χ1v) is 9.58. The number of aryl methyl sites for hydroxylation is 3. The second-order valence-corrected chi connectivity index (χ2v) is 7.50. The van der Waals surface area contributed by atoms with Crippen molar-refractivity contribution in [3.8, 4) is 0 Å². The Morgan fingerprint density at radius 1 is 1.24 bits per heavy atom. The Hall–Kier alpha value is -2.40. The topological polar surface area (TPSA) is 68.0 Å². The van der Waals surface area contributed by atoms with Crippen molar-refractivity contribution >= 4 is 38.8 Å². The predicted molar refractivity (Wildman–Crippen MR) is 104 cm³/mol. The molecule has 0 aliphatic heterocycles. The van der Waals surface area contributed by atoms with Gasteiger partial charge >= 0.3 is 0 Å². The van der Waals surface area contributed by atoms with E-state index in [0.29, 0.717) is 10.6 Å². The van der Waals surface area contributed by atoms with Crippen molar-refractivity contribution in [2.45, 2.75) is 39.0 Å². The van der Waals surface area contributed by atoms with Gasteiger partial charge in [-0.2, -0.15) is 0 Å². The number of amides is 1. The van der Waals surface area contributed by atoms with Gasteiger partial charge in [-0.15, -0.1) is 11.3 Å². The minimum atomic E-state index is -0.164. The summed E-state index contributed by atoms with van der Waals surface area (Å²) in [5.41, 5.74) is 11.3. The number of aromatic nitrogens is 1. The Bertz CT molecular complexity index is 944. The third-order valence-electron chi connectivity index (χ3n) is 4.83. The molecule has 0 saturated carbocycles. The second-order valence-electron chi connectivity index (χ2n) is 6.50. The summed E-state index contributed by atoms with van der Waals surface area (Å²) in [7, 11) is 0. The van der Waals surface area contributed by atoms with E-state index in [1.54, 1.807) is 0 Å². The number of hydrogen-bond acceptors (Lipinski definition) is 4. The van der Waals surface area contributed by atoms with Gasteiger partial charge in [-0.3, -0.25) is 4.79 Å². The van der Waals surface area contributed by atoms with E-state index in [9.17, 15) is 4.79 Å². The maximum Gasteiger partial charge on any atom is 0.267 e. The van der Waals surface area contributed by atoms with E-state index < -0.39 is 0 Å². The zero-order valence-electron chi connectivity index (χ0n) is 14.3. The van der Waals surface area contributed by atoms with Crippen LogP contribution in [-0.2, 0) is 19.3 Å². The highest BCUT2D eigenvalue weighted by molar-refractivity contribution is 7.21. The van der Waals surface area contributed by atoms with E-state index in [2.05, 4.69) is 18.3 Å². The molecule has 2 aromatic heterocycles. The van der Waals surface area contributed by atoms with Crippen molar-refractivity contribution < 1.29 is 4.79 Å². The molecular formula is C20H21N3OS. The van der Waals surface area contributed by atoms with Crippen LogP contribution in [0, 0.1) is 0 Å². The summed E-state index contributed by atoms with van der Waals surface area (Å²) in [6.45, 7) is 2.11. The van der Waals surface area contributed by atoms with E-state index in [4.69, 9.17) is 10.7 Å². The van der Waals surface area contributed by atoms with Gasteiger partial charge in [-0.25, -0.2) is 4.98 Å². The summed E-state index contributed by atoms with van der Waals surface area (Å²) in [6, 6.07) is 10.0. The molecule has 0 atom stereocenters. The lowest BCUT2D eigenvalue weighted by Crippen LogP contribution is -2.11. The summed E-state index contributed by atoms with van der Waals surface area (Å²) in [5.74, 6) is -0.164. The fraction of sp³-hybridized carbons (Fsp3) is 0.300. The summed E-state index contributed by atoms with van der Waals surface area (Å²) < 4.78 is 0. The lowest BCUT2D eigenvalue weighted by atomic mass is 9.95. The van der Waals surface area contributed by atoms with Crippen molar-refractivity contribution in [3.63, 3.8) is 0 Å². The lowest BCUT2D eigenvalue weighted by molar-refractivity contribution is 0.103. The molecule has 1 aliphatic rings. The number of nitrogen functional groups attached to an aromatic ring is 1. The van der Waals surface area contributed by atoms with Crippen LogP contribution in [0.25, 0.3) is 10.2 Å². The molecule has 0 spiro atoms. The number of nitrogens with zero attached hydrogens (tertiary/aromatic N) is 1. The highest BCUT2D eigenvalue weighted by Crippen LogP contribution is 2.35. The maximum atomic E-state index is 12.7. The SMILES string of the molecule is CCc1ccc(NC(=O)c2sc3nc4c(cc3c2N)CCCC4)cc1.